The van der Waals surface area contributed by atoms with Crippen LogP contribution in [0.3, 0.4) is 0 Å². The second-order valence-electron chi connectivity index (χ2n) is 5.17. The molecular formula is C14H22N2O4. The minimum Gasteiger partial charge on any atom is -0.497 e. The number of rotatable bonds is 4. The van der Waals surface area contributed by atoms with Gasteiger partial charge in [0.2, 0.25) is 0 Å². The highest BCUT2D eigenvalue weighted by Crippen LogP contribution is 2.22. The molecule has 2 rings (SSSR count). The highest BCUT2D eigenvalue weighted by Gasteiger charge is 2.41. The zero-order valence-electron chi connectivity index (χ0n) is 11.5. The molecule has 0 unspecified atom stereocenters. The van der Waals surface area contributed by atoms with Crippen molar-refractivity contribution in [3.8, 4) is 5.75 Å². The summed E-state index contributed by atoms with van der Waals surface area (Å²) in [7, 11) is 1.60. The lowest BCUT2D eigenvalue weighted by Crippen LogP contribution is -2.61. The maximum atomic E-state index is 9.98. The van der Waals surface area contributed by atoms with Crippen LogP contribution in [-0.4, -0.2) is 47.7 Å². The number of aliphatic hydroxyl groups is 2. The van der Waals surface area contributed by atoms with E-state index < -0.39 is 24.4 Å². The van der Waals surface area contributed by atoms with Gasteiger partial charge in [0.1, 0.15) is 18.0 Å². The first kappa shape index (κ1) is 15.2. The van der Waals surface area contributed by atoms with Crippen molar-refractivity contribution in [2.24, 2.45) is 11.5 Å². The van der Waals surface area contributed by atoms with Crippen molar-refractivity contribution in [3.63, 3.8) is 0 Å². The van der Waals surface area contributed by atoms with E-state index in [1.807, 2.05) is 24.3 Å². The molecule has 0 saturated heterocycles. The fourth-order valence-electron chi connectivity index (χ4n) is 2.43. The molecule has 1 saturated carbocycles. The van der Waals surface area contributed by atoms with E-state index in [9.17, 15) is 10.2 Å². The van der Waals surface area contributed by atoms with E-state index in [2.05, 4.69) is 0 Å². The van der Waals surface area contributed by atoms with Gasteiger partial charge < -0.3 is 31.2 Å². The summed E-state index contributed by atoms with van der Waals surface area (Å²) >= 11 is 0. The van der Waals surface area contributed by atoms with Gasteiger partial charge in [-0.3, -0.25) is 0 Å². The van der Waals surface area contributed by atoms with Crippen molar-refractivity contribution < 1.29 is 19.7 Å². The van der Waals surface area contributed by atoms with Crippen LogP contribution in [0.5, 0.6) is 5.75 Å². The second-order valence-corrected chi connectivity index (χ2v) is 5.17. The summed E-state index contributed by atoms with van der Waals surface area (Å²) in [4.78, 5) is 0. The second kappa shape index (κ2) is 6.51. The van der Waals surface area contributed by atoms with Gasteiger partial charge in [-0.2, -0.15) is 0 Å². The molecular weight excluding hydrogens is 260 g/mol. The highest BCUT2D eigenvalue weighted by atomic mass is 16.5. The summed E-state index contributed by atoms with van der Waals surface area (Å²) in [5, 5.41) is 19.8. The Bertz CT molecular complexity index is 426. The molecule has 112 valence electrons. The van der Waals surface area contributed by atoms with E-state index in [1.165, 1.54) is 0 Å². The normalized spacial score (nSPS) is 34.0. The van der Waals surface area contributed by atoms with Gasteiger partial charge in [-0.1, -0.05) is 12.1 Å². The van der Waals surface area contributed by atoms with Gasteiger partial charge in [0.05, 0.1) is 19.8 Å². The molecule has 1 fully saturated rings. The molecule has 0 amide bonds. The molecule has 1 aromatic carbocycles. The molecule has 0 aliphatic heterocycles. The van der Waals surface area contributed by atoms with Crippen molar-refractivity contribution in [2.75, 3.05) is 7.11 Å². The SMILES string of the molecule is COc1ccc(CO[C@H]2[C@H](O)[C@@H](O)[C@H](N)C[C@@H]2N)cc1. The molecule has 5 atom stereocenters. The number of methoxy groups -OCH3 is 1. The van der Waals surface area contributed by atoms with Gasteiger partial charge >= 0.3 is 0 Å². The van der Waals surface area contributed by atoms with Crippen LogP contribution in [0.15, 0.2) is 24.3 Å². The minimum atomic E-state index is -1.06. The molecule has 20 heavy (non-hydrogen) atoms. The monoisotopic (exact) mass is 282 g/mol. The van der Waals surface area contributed by atoms with Crippen molar-refractivity contribution in [1.29, 1.82) is 0 Å². The molecule has 0 bridgehead atoms. The average Bonchev–Trinajstić information content (AvgIpc) is 2.45. The molecule has 0 spiro atoms. The Kier molecular flexibility index (Phi) is 4.95. The molecule has 0 aromatic heterocycles. The van der Waals surface area contributed by atoms with Crippen LogP contribution < -0.4 is 16.2 Å². The Morgan fingerprint density at radius 3 is 2.35 bits per heavy atom. The van der Waals surface area contributed by atoms with Gasteiger partial charge in [0.25, 0.3) is 0 Å². The number of benzene rings is 1. The third-order valence-electron chi connectivity index (χ3n) is 3.69. The average molecular weight is 282 g/mol. The number of ether oxygens (including phenoxy) is 2. The fourth-order valence-corrected chi connectivity index (χ4v) is 2.43. The molecule has 6 heteroatoms. The lowest BCUT2D eigenvalue weighted by atomic mass is 9.85. The first-order valence-electron chi connectivity index (χ1n) is 6.64. The molecule has 6 N–H and O–H groups in total. The summed E-state index contributed by atoms with van der Waals surface area (Å²) in [5.41, 5.74) is 12.6. The Morgan fingerprint density at radius 1 is 1.10 bits per heavy atom. The van der Waals surface area contributed by atoms with Gasteiger partial charge in [-0.05, 0) is 24.1 Å². The van der Waals surface area contributed by atoms with E-state index in [1.54, 1.807) is 7.11 Å². The Balaban J connectivity index is 1.94. The van der Waals surface area contributed by atoms with E-state index in [-0.39, 0.29) is 6.04 Å². The van der Waals surface area contributed by atoms with Crippen LogP contribution in [0.2, 0.25) is 0 Å². The summed E-state index contributed by atoms with van der Waals surface area (Å²) in [6.07, 6.45) is -2.26. The Labute approximate surface area is 118 Å². The maximum absolute atomic E-state index is 9.98. The van der Waals surface area contributed by atoms with Gasteiger partial charge in [0.15, 0.2) is 0 Å². The molecule has 6 nitrogen and oxygen atoms in total. The van der Waals surface area contributed by atoms with Crippen molar-refractivity contribution >= 4 is 0 Å². The number of hydrogen-bond acceptors (Lipinski definition) is 6. The number of hydrogen-bond donors (Lipinski definition) is 4. The van der Waals surface area contributed by atoms with Crippen LogP contribution in [0.4, 0.5) is 0 Å². The number of nitrogens with two attached hydrogens (primary N) is 2. The van der Waals surface area contributed by atoms with Crippen molar-refractivity contribution in [1.82, 2.24) is 0 Å². The van der Waals surface area contributed by atoms with Crippen LogP contribution in [0.25, 0.3) is 0 Å². The van der Waals surface area contributed by atoms with E-state index >= 15 is 0 Å². The standard InChI is InChI=1S/C14H22N2O4/c1-19-9-4-2-8(3-5-9)7-20-14-11(16)6-10(15)12(17)13(14)18/h2-5,10-14,17-18H,6-7,15-16H2,1H3/t10-,11+,12+,13-,14-/m1/s1. The van der Waals surface area contributed by atoms with Gasteiger partial charge in [-0.15, -0.1) is 0 Å². The third-order valence-corrected chi connectivity index (χ3v) is 3.69. The molecule has 1 aliphatic rings. The minimum absolute atomic E-state index is 0.307. The van der Waals surface area contributed by atoms with Gasteiger partial charge in [-0.25, -0.2) is 0 Å². The highest BCUT2D eigenvalue weighted by molar-refractivity contribution is 5.26. The molecule has 0 heterocycles. The van der Waals surface area contributed by atoms with E-state index in [0.717, 1.165) is 11.3 Å². The van der Waals surface area contributed by atoms with Crippen molar-refractivity contribution in [2.45, 2.75) is 43.4 Å². The first-order valence-corrected chi connectivity index (χ1v) is 6.64. The quantitative estimate of drug-likeness (QED) is 0.584. The molecule has 0 radical (unpaired) electrons. The zero-order chi connectivity index (χ0) is 14.7. The molecule has 1 aromatic rings. The predicted molar refractivity (Wildman–Crippen MR) is 74.2 cm³/mol. The van der Waals surface area contributed by atoms with E-state index in [4.69, 9.17) is 20.9 Å². The van der Waals surface area contributed by atoms with Crippen LogP contribution >= 0.6 is 0 Å². The Hall–Kier alpha value is -1.18. The Morgan fingerprint density at radius 2 is 1.75 bits per heavy atom. The number of aliphatic hydroxyl groups excluding tert-OH is 2. The summed E-state index contributed by atoms with van der Waals surface area (Å²) in [6.45, 7) is 0.307. The lowest BCUT2D eigenvalue weighted by molar-refractivity contribution is -0.131. The van der Waals surface area contributed by atoms with Crippen LogP contribution in [0, 0.1) is 0 Å². The third kappa shape index (κ3) is 3.28. The topological polar surface area (TPSA) is 111 Å². The zero-order valence-corrected chi connectivity index (χ0v) is 11.5. The summed E-state index contributed by atoms with van der Waals surface area (Å²) in [5.74, 6) is 0.768. The van der Waals surface area contributed by atoms with E-state index in [0.29, 0.717) is 13.0 Å². The van der Waals surface area contributed by atoms with Gasteiger partial charge in [0, 0.05) is 12.1 Å². The summed E-state index contributed by atoms with van der Waals surface area (Å²) < 4.78 is 10.7. The van der Waals surface area contributed by atoms with Crippen molar-refractivity contribution in [3.05, 3.63) is 29.8 Å². The summed E-state index contributed by atoms with van der Waals surface area (Å²) in [6, 6.07) is 6.52. The maximum Gasteiger partial charge on any atom is 0.118 e. The van der Waals surface area contributed by atoms with Crippen LogP contribution in [-0.2, 0) is 11.3 Å². The first-order chi connectivity index (χ1) is 9.52. The predicted octanol–water partition coefficient (Wildman–Crippen LogP) is -0.639. The van der Waals surface area contributed by atoms with Crippen LogP contribution in [0.1, 0.15) is 12.0 Å². The smallest absolute Gasteiger partial charge is 0.118 e. The molecule has 1 aliphatic carbocycles. The largest absolute Gasteiger partial charge is 0.497 e. The fraction of sp³-hybridized carbons (Fsp3) is 0.571. The lowest BCUT2D eigenvalue weighted by Gasteiger charge is -2.39.